The zero-order valence-electron chi connectivity index (χ0n) is 21.0. The predicted molar refractivity (Wildman–Crippen MR) is 139 cm³/mol. The fourth-order valence-electron chi connectivity index (χ4n) is 5.69. The number of likely N-dealkylation sites (tertiary alicyclic amines) is 1. The van der Waals surface area contributed by atoms with E-state index in [4.69, 9.17) is 4.74 Å². The summed E-state index contributed by atoms with van der Waals surface area (Å²) in [6, 6.07) is 12.0. The topological polar surface area (TPSA) is 41.2 Å². The van der Waals surface area contributed by atoms with Crippen molar-refractivity contribution in [2.45, 2.75) is 84.1 Å². The highest BCUT2D eigenvalue weighted by Gasteiger charge is 2.26. The molecule has 1 saturated heterocycles. The quantitative estimate of drug-likeness (QED) is 0.353. The summed E-state index contributed by atoms with van der Waals surface area (Å²) in [6.45, 7) is 9.38. The smallest absolute Gasteiger partial charge is 0.213 e. The lowest BCUT2D eigenvalue weighted by molar-refractivity contribution is 0.135. The van der Waals surface area contributed by atoms with Crippen LogP contribution in [0.2, 0.25) is 0 Å². The van der Waals surface area contributed by atoms with Gasteiger partial charge in [0, 0.05) is 40.5 Å². The lowest BCUT2D eigenvalue weighted by Gasteiger charge is -2.38. The molecule has 1 aromatic carbocycles. The first-order valence-corrected chi connectivity index (χ1v) is 13.1. The minimum atomic E-state index is 0.654. The number of piperidine rings is 1. The maximum Gasteiger partial charge on any atom is 0.213 e. The number of ether oxygens (including phenoxy) is 1. The number of nitrogens with one attached hydrogen (secondary N) is 1. The van der Waals surface area contributed by atoms with Gasteiger partial charge in [-0.1, -0.05) is 46.1 Å². The monoisotopic (exact) mass is 447 g/mol. The van der Waals surface area contributed by atoms with Crippen LogP contribution in [0.25, 0.3) is 22.2 Å². The summed E-state index contributed by atoms with van der Waals surface area (Å²) in [5.41, 5.74) is 6.45. The molecule has 4 nitrogen and oxygen atoms in total. The SMILES string of the molecule is CCCCC(CCC)N1CCC(c2ccc3[nH]c(-c4ccnc(OC)c4)c(CC)c3c2)CC1. The van der Waals surface area contributed by atoms with Crippen LogP contribution in [-0.4, -0.2) is 41.1 Å². The van der Waals surface area contributed by atoms with E-state index in [-0.39, 0.29) is 0 Å². The third-order valence-electron chi connectivity index (χ3n) is 7.55. The molecule has 1 unspecified atom stereocenters. The van der Waals surface area contributed by atoms with Gasteiger partial charge in [0.05, 0.1) is 7.11 Å². The van der Waals surface area contributed by atoms with Gasteiger partial charge in [0.2, 0.25) is 5.88 Å². The molecule has 1 atom stereocenters. The molecule has 178 valence electrons. The van der Waals surface area contributed by atoms with E-state index in [9.17, 15) is 0 Å². The van der Waals surface area contributed by atoms with Gasteiger partial charge in [-0.05, 0) is 80.4 Å². The molecule has 0 radical (unpaired) electrons. The Hall–Kier alpha value is -2.33. The number of aryl methyl sites for hydroxylation is 1. The van der Waals surface area contributed by atoms with Gasteiger partial charge >= 0.3 is 0 Å². The summed E-state index contributed by atoms with van der Waals surface area (Å²) in [5, 5.41) is 1.37. The molecule has 33 heavy (non-hydrogen) atoms. The van der Waals surface area contributed by atoms with Crippen LogP contribution in [0.1, 0.15) is 82.8 Å². The van der Waals surface area contributed by atoms with Crippen molar-refractivity contribution >= 4 is 10.9 Å². The first-order chi connectivity index (χ1) is 16.2. The number of benzene rings is 1. The second kappa shape index (κ2) is 11.2. The fraction of sp³-hybridized carbons (Fsp3) is 0.552. The van der Waals surface area contributed by atoms with E-state index in [1.165, 1.54) is 85.8 Å². The minimum Gasteiger partial charge on any atom is -0.481 e. The first-order valence-electron chi connectivity index (χ1n) is 13.1. The molecule has 0 bridgehead atoms. The van der Waals surface area contributed by atoms with E-state index in [0.717, 1.165) is 18.0 Å². The van der Waals surface area contributed by atoms with Gasteiger partial charge in [-0.15, -0.1) is 0 Å². The number of unbranched alkanes of at least 4 members (excludes halogenated alkanes) is 1. The number of nitrogens with zero attached hydrogens (tertiary/aromatic N) is 2. The number of methoxy groups -OCH3 is 1. The Bertz CT molecular complexity index is 1030. The number of hydrogen-bond donors (Lipinski definition) is 1. The van der Waals surface area contributed by atoms with Crippen molar-refractivity contribution in [1.82, 2.24) is 14.9 Å². The van der Waals surface area contributed by atoms with Crippen LogP contribution in [0, 0.1) is 0 Å². The molecule has 1 aliphatic rings. The second-order valence-electron chi connectivity index (χ2n) is 9.62. The Morgan fingerprint density at radius 1 is 1.06 bits per heavy atom. The highest BCUT2D eigenvalue weighted by atomic mass is 16.5. The molecule has 1 N–H and O–H groups in total. The Kier molecular flexibility index (Phi) is 8.08. The van der Waals surface area contributed by atoms with Gasteiger partial charge in [-0.2, -0.15) is 0 Å². The lowest BCUT2D eigenvalue weighted by atomic mass is 9.87. The number of aromatic nitrogens is 2. The van der Waals surface area contributed by atoms with Gasteiger partial charge in [0.25, 0.3) is 0 Å². The van der Waals surface area contributed by atoms with Gasteiger partial charge in [0.15, 0.2) is 0 Å². The Morgan fingerprint density at radius 3 is 2.58 bits per heavy atom. The number of hydrogen-bond acceptors (Lipinski definition) is 3. The Labute approximate surface area is 199 Å². The molecule has 4 rings (SSSR count). The minimum absolute atomic E-state index is 0.654. The number of aromatic amines is 1. The van der Waals surface area contributed by atoms with Crippen LogP contribution in [0.5, 0.6) is 5.88 Å². The molecule has 0 amide bonds. The third kappa shape index (κ3) is 5.27. The molecule has 0 saturated carbocycles. The van der Waals surface area contributed by atoms with Gasteiger partial charge < -0.3 is 14.6 Å². The van der Waals surface area contributed by atoms with Crippen LogP contribution >= 0.6 is 0 Å². The molecular formula is C29H41N3O. The number of pyridine rings is 1. The fourth-order valence-corrected chi connectivity index (χ4v) is 5.69. The Balaban J connectivity index is 1.54. The number of fused-ring (bicyclic) bond motifs is 1. The highest BCUT2D eigenvalue weighted by Crippen LogP contribution is 2.36. The molecule has 1 fully saturated rings. The van der Waals surface area contributed by atoms with Crippen molar-refractivity contribution in [3.8, 4) is 17.1 Å². The Morgan fingerprint density at radius 2 is 1.88 bits per heavy atom. The second-order valence-corrected chi connectivity index (χ2v) is 9.62. The van der Waals surface area contributed by atoms with Crippen molar-refractivity contribution in [2.24, 2.45) is 0 Å². The maximum atomic E-state index is 5.36. The lowest BCUT2D eigenvalue weighted by Crippen LogP contribution is -2.41. The van der Waals surface area contributed by atoms with Crippen molar-refractivity contribution in [2.75, 3.05) is 20.2 Å². The first kappa shape index (κ1) is 23.8. The van der Waals surface area contributed by atoms with Crippen LogP contribution in [0.15, 0.2) is 36.5 Å². The van der Waals surface area contributed by atoms with E-state index >= 15 is 0 Å². The molecule has 2 aromatic heterocycles. The predicted octanol–water partition coefficient (Wildman–Crippen LogP) is 7.34. The normalized spacial score (nSPS) is 16.4. The van der Waals surface area contributed by atoms with Gasteiger partial charge in [-0.3, -0.25) is 0 Å². The average Bonchev–Trinajstić information content (AvgIpc) is 3.24. The summed E-state index contributed by atoms with van der Waals surface area (Å²) >= 11 is 0. The molecule has 3 aromatic rings. The van der Waals surface area contributed by atoms with Gasteiger partial charge in [-0.25, -0.2) is 4.98 Å². The molecule has 4 heteroatoms. The summed E-state index contributed by atoms with van der Waals surface area (Å²) in [4.78, 5) is 10.7. The van der Waals surface area contributed by atoms with E-state index in [1.54, 1.807) is 7.11 Å². The number of rotatable bonds is 10. The van der Waals surface area contributed by atoms with Crippen molar-refractivity contribution in [3.05, 3.63) is 47.7 Å². The van der Waals surface area contributed by atoms with Crippen LogP contribution in [0.3, 0.4) is 0 Å². The zero-order chi connectivity index (χ0) is 23.2. The largest absolute Gasteiger partial charge is 0.481 e. The van der Waals surface area contributed by atoms with Crippen LogP contribution in [-0.2, 0) is 6.42 Å². The summed E-state index contributed by atoms with van der Waals surface area (Å²) in [5.74, 6) is 1.32. The van der Waals surface area contributed by atoms with E-state index in [1.807, 2.05) is 12.3 Å². The van der Waals surface area contributed by atoms with Crippen molar-refractivity contribution in [1.29, 1.82) is 0 Å². The molecule has 0 spiro atoms. The van der Waals surface area contributed by atoms with Crippen molar-refractivity contribution in [3.63, 3.8) is 0 Å². The van der Waals surface area contributed by atoms with E-state index in [2.05, 4.69) is 59.9 Å². The maximum absolute atomic E-state index is 5.36. The van der Waals surface area contributed by atoms with Crippen LogP contribution < -0.4 is 4.74 Å². The average molecular weight is 448 g/mol. The zero-order valence-corrected chi connectivity index (χ0v) is 21.0. The molecule has 3 heterocycles. The van der Waals surface area contributed by atoms with Crippen molar-refractivity contribution < 1.29 is 4.74 Å². The molecular weight excluding hydrogens is 406 g/mol. The number of H-pyrrole nitrogens is 1. The highest BCUT2D eigenvalue weighted by molar-refractivity contribution is 5.91. The summed E-state index contributed by atoms with van der Waals surface area (Å²) < 4.78 is 5.36. The van der Waals surface area contributed by atoms with E-state index in [0.29, 0.717) is 11.8 Å². The summed E-state index contributed by atoms with van der Waals surface area (Å²) in [7, 11) is 1.67. The third-order valence-corrected chi connectivity index (χ3v) is 7.55. The van der Waals surface area contributed by atoms with Gasteiger partial charge in [0.1, 0.15) is 0 Å². The molecule has 0 aliphatic carbocycles. The summed E-state index contributed by atoms with van der Waals surface area (Å²) in [6.07, 6.45) is 12.1. The standard InChI is InChI=1S/C29H41N3O/c1-5-8-10-24(9-6-2)32-17-14-21(15-18-32)22-11-12-27-26(19-22)25(7-3)29(31-27)23-13-16-30-28(20-23)33-4/h11-13,16,19-21,24,31H,5-10,14-15,17-18H2,1-4H3. The van der Waals surface area contributed by atoms with E-state index < -0.39 is 0 Å². The van der Waals surface area contributed by atoms with Crippen LogP contribution in [0.4, 0.5) is 0 Å². The molecule has 1 aliphatic heterocycles.